The summed E-state index contributed by atoms with van der Waals surface area (Å²) in [6, 6.07) is 7.76. The van der Waals surface area contributed by atoms with E-state index in [-0.39, 0.29) is 0 Å². The van der Waals surface area contributed by atoms with Gasteiger partial charge >= 0.3 is 5.97 Å². The molecule has 0 aliphatic heterocycles. The van der Waals surface area contributed by atoms with Crippen LogP contribution in [-0.2, 0) is 11.2 Å². The molecule has 0 fully saturated rings. The zero-order valence-electron chi connectivity index (χ0n) is 10.9. The number of benzene rings is 1. The average molecular weight is 235 g/mol. The third kappa shape index (κ3) is 2.67. The Morgan fingerprint density at radius 2 is 1.82 bits per heavy atom. The van der Waals surface area contributed by atoms with E-state index in [9.17, 15) is 9.90 Å². The third-order valence-corrected chi connectivity index (χ3v) is 3.45. The lowest BCUT2D eigenvalue weighted by Crippen LogP contribution is -2.59. The highest BCUT2D eigenvalue weighted by Gasteiger charge is 2.45. The monoisotopic (exact) mass is 235 g/mol. The molecule has 0 heterocycles. The molecule has 3 nitrogen and oxygen atoms in total. The molecule has 3 N–H and O–H groups in total. The molecule has 0 aromatic heterocycles. The molecule has 0 spiro atoms. The van der Waals surface area contributed by atoms with Crippen molar-refractivity contribution in [3.05, 3.63) is 35.4 Å². The predicted molar refractivity (Wildman–Crippen MR) is 68.9 cm³/mol. The molecule has 1 aromatic rings. The van der Waals surface area contributed by atoms with Crippen LogP contribution in [0.3, 0.4) is 0 Å². The number of aryl methyl sites for hydroxylation is 1. The van der Waals surface area contributed by atoms with Gasteiger partial charge in [0.1, 0.15) is 5.54 Å². The van der Waals surface area contributed by atoms with E-state index in [0.717, 1.165) is 11.1 Å². The molecule has 0 saturated heterocycles. The number of hydrogen-bond acceptors (Lipinski definition) is 2. The summed E-state index contributed by atoms with van der Waals surface area (Å²) in [7, 11) is 0. The number of carboxylic acid groups (broad SMARTS) is 1. The zero-order chi connectivity index (χ0) is 13.3. The highest BCUT2D eigenvalue weighted by atomic mass is 16.4. The van der Waals surface area contributed by atoms with E-state index in [0.29, 0.717) is 6.42 Å². The first-order valence-corrected chi connectivity index (χ1v) is 5.75. The Morgan fingerprint density at radius 1 is 1.29 bits per heavy atom. The van der Waals surface area contributed by atoms with Crippen molar-refractivity contribution in [3.8, 4) is 0 Å². The maximum atomic E-state index is 11.5. The van der Waals surface area contributed by atoms with Gasteiger partial charge in [-0.1, -0.05) is 45.0 Å². The van der Waals surface area contributed by atoms with Gasteiger partial charge in [-0.15, -0.1) is 0 Å². The van der Waals surface area contributed by atoms with E-state index in [2.05, 4.69) is 0 Å². The highest BCUT2D eigenvalue weighted by molar-refractivity contribution is 5.80. The predicted octanol–water partition coefficient (Wildman–Crippen LogP) is 2.37. The van der Waals surface area contributed by atoms with Crippen LogP contribution in [0.4, 0.5) is 0 Å². The minimum absolute atomic E-state index is 0.346. The molecule has 94 valence electrons. The number of carboxylic acids is 1. The fourth-order valence-corrected chi connectivity index (χ4v) is 1.77. The lowest BCUT2D eigenvalue weighted by molar-refractivity contribution is -0.147. The minimum atomic E-state index is -1.25. The van der Waals surface area contributed by atoms with Crippen LogP contribution in [0, 0.1) is 12.3 Å². The summed E-state index contributed by atoms with van der Waals surface area (Å²) in [6.07, 6.45) is 0.346. The summed E-state index contributed by atoms with van der Waals surface area (Å²) in [5.41, 5.74) is 6.44. The summed E-state index contributed by atoms with van der Waals surface area (Å²) in [4.78, 5) is 11.5. The van der Waals surface area contributed by atoms with Crippen LogP contribution in [0.1, 0.15) is 31.9 Å². The minimum Gasteiger partial charge on any atom is -0.480 e. The summed E-state index contributed by atoms with van der Waals surface area (Å²) in [5, 5.41) is 9.40. The second-order valence-electron chi connectivity index (χ2n) is 5.63. The van der Waals surface area contributed by atoms with Crippen molar-refractivity contribution in [3.63, 3.8) is 0 Å². The van der Waals surface area contributed by atoms with E-state index >= 15 is 0 Å². The Kier molecular flexibility index (Phi) is 3.62. The van der Waals surface area contributed by atoms with Gasteiger partial charge in [-0.2, -0.15) is 0 Å². The van der Waals surface area contributed by atoms with Crippen molar-refractivity contribution >= 4 is 5.97 Å². The Hall–Kier alpha value is -1.35. The van der Waals surface area contributed by atoms with Crippen molar-refractivity contribution in [1.29, 1.82) is 0 Å². The molecule has 1 aromatic carbocycles. The highest BCUT2D eigenvalue weighted by Crippen LogP contribution is 2.32. The largest absolute Gasteiger partial charge is 0.480 e. The van der Waals surface area contributed by atoms with Gasteiger partial charge in [-0.3, -0.25) is 4.79 Å². The van der Waals surface area contributed by atoms with Crippen molar-refractivity contribution in [1.82, 2.24) is 0 Å². The van der Waals surface area contributed by atoms with E-state index in [4.69, 9.17) is 5.73 Å². The van der Waals surface area contributed by atoms with Crippen LogP contribution in [0.2, 0.25) is 0 Å². The molecule has 1 rings (SSSR count). The molecule has 0 aliphatic carbocycles. The first-order valence-electron chi connectivity index (χ1n) is 5.75. The third-order valence-electron chi connectivity index (χ3n) is 3.45. The molecule has 0 aliphatic rings. The SMILES string of the molecule is Cc1ccccc1CC(N)(C(=O)O)C(C)(C)C. The second kappa shape index (κ2) is 4.49. The number of nitrogens with two attached hydrogens (primary N) is 1. The number of hydrogen-bond donors (Lipinski definition) is 2. The molecule has 0 amide bonds. The van der Waals surface area contributed by atoms with Crippen molar-refractivity contribution in [2.24, 2.45) is 11.1 Å². The summed E-state index contributed by atoms with van der Waals surface area (Å²) >= 11 is 0. The van der Waals surface area contributed by atoms with E-state index in [1.54, 1.807) is 0 Å². The van der Waals surface area contributed by atoms with Crippen LogP contribution in [0.15, 0.2) is 24.3 Å². The van der Waals surface area contributed by atoms with Gasteiger partial charge in [0.15, 0.2) is 0 Å². The topological polar surface area (TPSA) is 63.3 Å². The average Bonchev–Trinajstić information content (AvgIpc) is 2.19. The van der Waals surface area contributed by atoms with E-state index < -0.39 is 16.9 Å². The lowest BCUT2D eigenvalue weighted by Gasteiger charge is -2.38. The summed E-state index contributed by atoms with van der Waals surface area (Å²) in [6.45, 7) is 7.55. The van der Waals surface area contributed by atoms with Gasteiger partial charge in [0.25, 0.3) is 0 Å². The van der Waals surface area contributed by atoms with Gasteiger partial charge in [-0.05, 0) is 23.5 Å². The Morgan fingerprint density at radius 3 is 2.24 bits per heavy atom. The Labute approximate surface area is 103 Å². The van der Waals surface area contributed by atoms with Crippen molar-refractivity contribution in [2.75, 3.05) is 0 Å². The van der Waals surface area contributed by atoms with E-state index in [1.807, 2.05) is 52.0 Å². The molecule has 1 unspecified atom stereocenters. The van der Waals surface area contributed by atoms with Crippen molar-refractivity contribution in [2.45, 2.75) is 39.7 Å². The molecular weight excluding hydrogens is 214 g/mol. The first kappa shape index (κ1) is 13.7. The molecule has 0 radical (unpaired) electrons. The van der Waals surface area contributed by atoms with Gasteiger partial charge < -0.3 is 10.8 Å². The summed E-state index contributed by atoms with van der Waals surface area (Å²) < 4.78 is 0. The van der Waals surface area contributed by atoms with Crippen LogP contribution in [0.5, 0.6) is 0 Å². The normalized spacial score (nSPS) is 15.4. The second-order valence-corrected chi connectivity index (χ2v) is 5.63. The van der Waals surface area contributed by atoms with E-state index in [1.165, 1.54) is 0 Å². The van der Waals surface area contributed by atoms with Gasteiger partial charge in [0.05, 0.1) is 0 Å². The molecule has 0 saturated carbocycles. The van der Waals surface area contributed by atoms with Crippen LogP contribution < -0.4 is 5.73 Å². The maximum absolute atomic E-state index is 11.5. The quantitative estimate of drug-likeness (QED) is 0.845. The number of carbonyl (C=O) groups is 1. The lowest BCUT2D eigenvalue weighted by atomic mass is 9.70. The summed E-state index contributed by atoms with van der Waals surface area (Å²) in [5.74, 6) is -0.951. The van der Waals surface area contributed by atoms with Crippen LogP contribution in [-0.4, -0.2) is 16.6 Å². The van der Waals surface area contributed by atoms with Crippen LogP contribution in [0.25, 0.3) is 0 Å². The van der Waals surface area contributed by atoms with Crippen LogP contribution >= 0.6 is 0 Å². The maximum Gasteiger partial charge on any atom is 0.324 e. The van der Waals surface area contributed by atoms with Gasteiger partial charge in [0, 0.05) is 6.42 Å². The molecule has 17 heavy (non-hydrogen) atoms. The fourth-order valence-electron chi connectivity index (χ4n) is 1.77. The number of rotatable bonds is 3. The fraction of sp³-hybridized carbons (Fsp3) is 0.500. The van der Waals surface area contributed by atoms with Gasteiger partial charge in [0.2, 0.25) is 0 Å². The smallest absolute Gasteiger partial charge is 0.324 e. The molecule has 0 bridgehead atoms. The Balaban J connectivity index is 3.13. The first-order chi connectivity index (χ1) is 7.68. The number of aliphatic carboxylic acids is 1. The molecule has 3 heteroatoms. The zero-order valence-corrected chi connectivity index (χ0v) is 10.9. The molecular formula is C14H21NO2. The Bertz CT molecular complexity index is 420. The van der Waals surface area contributed by atoms with Gasteiger partial charge in [-0.25, -0.2) is 0 Å². The molecule has 1 atom stereocenters. The standard InChI is InChI=1S/C14H21NO2/c1-10-7-5-6-8-11(10)9-14(15,12(16)17)13(2,3)4/h5-8H,9,15H2,1-4H3,(H,16,17). The van der Waals surface area contributed by atoms with Crippen molar-refractivity contribution < 1.29 is 9.90 Å².